The van der Waals surface area contributed by atoms with Crippen LogP contribution in [0.25, 0.3) is 10.9 Å². The van der Waals surface area contributed by atoms with Crippen molar-refractivity contribution in [3.8, 4) is 0 Å². The van der Waals surface area contributed by atoms with Gasteiger partial charge < -0.3 is 19.7 Å². The molecule has 4 amide bonds. The minimum absolute atomic E-state index is 0.0546. The molecule has 2 N–H and O–H groups in total. The van der Waals surface area contributed by atoms with E-state index >= 15 is 0 Å². The normalized spacial score (nSPS) is 26.3. The van der Waals surface area contributed by atoms with E-state index in [2.05, 4.69) is 57.5 Å². The summed E-state index contributed by atoms with van der Waals surface area (Å²) in [5.41, 5.74) is 1.49. The summed E-state index contributed by atoms with van der Waals surface area (Å²) in [5.74, 6) is -0.0725. The number of imide groups is 1. The van der Waals surface area contributed by atoms with Gasteiger partial charge in [0, 0.05) is 61.9 Å². The highest BCUT2D eigenvalue weighted by molar-refractivity contribution is 6.07. The number of carbonyl (C=O) groups excluding carboxylic acids is 3. The number of amides is 4. The number of anilines is 1. The average Bonchev–Trinajstić information content (AvgIpc) is 3.48. The Bertz CT molecular complexity index is 1060. The molecule has 1 aromatic heterocycles. The number of carbonyl (C=O) groups is 3. The van der Waals surface area contributed by atoms with Crippen molar-refractivity contribution in [3.63, 3.8) is 0 Å². The van der Waals surface area contributed by atoms with Crippen LogP contribution in [0.1, 0.15) is 32.6 Å². The molecule has 3 aliphatic rings. The zero-order valence-corrected chi connectivity index (χ0v) is 18.1. The number of piperazine rings is 1. The number of nitrogens with one attached hydrogen (secondary N) is 2. The molecule has 1 aromatic carbocycles. The fourth-order valence-corrected chi connectivity index (χ4v) is 5.23. The van der Waals surface area contributed by atoms with Crippen molar-refractivity contribution < 1.29 is 14.4 Å². The van der Waals surface area contributed by atoms with Gasteiger partial charge >= 0.3 is 6.03 Å². The summed E-state index contributed by atoms with van der Waals surface area (Å²) in [6.07, 6.45) is 4.54. The van der Waals surface area contributed by atoms with E-state index in [0.717, 1.165) is 19.4 Å². The molecule has 31 heavy (non-hydrogen) atoms. The molecular formula is C23H29N5O3. The van der Waals surface area contributed by atoms with E-state index in [0.29, 0.717) is 19.5 Å². The maximum atomic E-state index is 13.0. The summed E-state index contributed by atoms with van der Waals surface area (Å²) in [5, 5.41) is 6.38. The lowest BCUT2D eigenvalue weighted by molar-refractivity contribution is -0.133. The molecule has 3 fully saturated rings. The van der Waals surface area contributed by atoms with E-state index in [9.17, 15) is 14.4 Å². The molecule has 3 heterocycles. The number of fused-ring (bicyclic) bond motifs is 1. The van der Waals surface area contributed by atoms with Crippen LogP contribution in [-0.2, 0) is 16.6 Å². The quantitative estimate of drug-likeness (QED) is 0.720. The first-order chi connectivity index (χ1) is 14.9. The molecule has 1 unspecified atom stereocenters. The third-order valence-electron chi connectivity index (χ3n) is 7.16. The van der Waals surface area contributed by atoms with Gasteiger partial charge in [-0.05, 0) is 56.4 Å². The Morgan fingerprint density at radius 3 is 2.68 bits per heavy atom. The number of hydrogen-bond acceptors (Lipinski definition) is 4. The molecule has 1 saturated carbocycles. The molecule has 2 aliphatic heterocycles. The number of nitrogens with zero attached hydrogens (tertiary/aromatic N) is 3. The van der Waals surface area contributed by atoms with Crippen LogP contribution in [0.2, 0.25) is 0 Å². The lowest BCUT2D eigenvalue weighted by Crippen LogP contribution is -2.54. The molecular weight excluding hydrogens is 394 g/mol. The second-order valence-corrected chi connectivity index (χ2v) is 9.21. The van der Waals surface area contributed by atoms with Crippen molar-refractivity contribution in [3.05, 3.63) is 30.5 Å². The smallest absolute Gasteiger partial charge is 0.322 e. The molecule has 0 radical (unpaired) electrons. The number of aryl methyl sites for hydroxylation is 1. The van der Waals surface area contributed by atoms with E-state index in [-0.39, 0.29) is 30.2 Å². The van der Waals surface area contributed by atoms with Crippen LogP contribution in [0.15, 0.2) is 30.5 Å². The molecule has 0 bridgehead atoms. The van der Waals surface area contributed by atoms with Gasteiger partial charge in [0.25, 0.3) is 5.91 Å². The third kappa shape index (κ3) is 3.43. The molecule has 1 aliphatic carbocycles. The first-order valence-corrected chi connectivity index (χ1v) is 11.1. The topological polar surface area (TPSA) is 86.7 Å². The maximum Gasteiger partial charge on any atom is 0.322 e. The fraction of sp³-hybridized carbons (Fsp3) is 0.522. The van der Waals surface area contributed by atoms with Gasteiger partial charge in [0.2, 0.25) is 5.91 Å². The molecule has 8 nitrogen and oxygen atoms in total. The highest BCUT2D eigenvalue weighted by Gasteiger charge is 2.55. The second-order valence-electron chi connectivity index (χ2n) is 9.21. The summed E-state index contributed by atoms with van der Waals surface area (Å²) in [6.45, 7) is 4.23. The number of hydrogen-bond donors (Lipinski definition) is 2. The van der Waals surface area contributed by atoms with Gasteiger partial charge in [-0.2, -0.15) is 0 Å². The van der Waals surface area contributed by atoms with Crippen molar-refractivity contribution >= 4 is 34.4 Å². The zero-order valence-electron chi connectivity index (χ0n) is 18.1. The van der Waals surface area contributed by atoms with Crippen LogP contribution in [0.5, 0.6) is 0 Å². The van der Waals surface area contributed by atoms with Crippen molar-refractivity contribution in [1.82, 2.24) is 20.1 Å². The summed E-state index contributed by atoms with van der Waals surface area (Å²) in [6, 6.07) is 8.39. The molecule has 8 heteroatoms. The standard InChI is InChI=1S/C23H29N5O3/c1-15-14-27(11-12-28(15)18-5-6-19-16(13-18)8-10-26(19)2)20(29)7-9-23(17-3-4-17)21(30)24-22(31)25-23/h5-6,8,10,13,15,17H,3-4,7,9,11-12,14H2,1-2H3,(H2,24,25,30,31)/t15-,23?/m0/s1. The Morgan fingerprint density at radius 1 is 1.19 bits per heavy atom. The van der Waals surface area contributed by atoms with Crippen LogP contribution in [-0.4, -0.2) is 58.5 Å². The van der Waals surface area contributed by atoms with Crippen molar-refractivity contribution in [1.29, 1.82) is 0 Å². The lowest BCUT2D eigenvalue weighted by atomic mass is 9.87. The Balaban J connectivity index is 1.22. The molecule has 2 atom stereocenters. The van der Waals surface area contributed by atoms with E-state index < -0.39 is 11.6 Å². The van der Waals surface area contributed by atoms with E-state index in [1.165, 1.54) is 16.6 Å². The van der Waals surface area contributed by atoms with Gasteiger partial charge in [0.15, 0.2) is 0 Å². The van der Waals surface area contributed by atoms with Gasteiger partial charge in [-0.25, -0.2) is 4.79 Å². The van der Waals surface area contributed by atoms with Crippen LogP contribution < -0.4 is 15.5 Å². The van der Waals surface area contributed by atoms with E-state index in [4.69, 9.17) is 0 Å². The Kier molecular flexibility index (Phi) is 4.68. The Hall–Kier alpha value is -3.03. The molecule has 0 spiro atoms. The molecule has 164 valence electrons. The number of rotatable bonds is 5. The number of aromatic nitrogens is 1. The maximum absolute atomic E-state index is 13.0. The van der Waals surface area contributed by atoms with Crippen molar-refractivity contribution in [2.75, 3.05) is 24.5 Å². The predicted octanol–water partition coefficient (Wildman–Crippen LogP) is 1.98. The van der Waals surface area contributed by atoms with Gasteiger partial charge in [-0.1, -0.05) is 0 Å². The zero-order chi connectivity index (χ0) is 21.8. The summed E-state index contributed by atoms with van der Waals surface area (Å²) >= 11 is 0. The number of urea groups is 1. The first kappa shape index (κ1) is 19.9. The van der Waals surface area contributed by atoms with Crippen LogP contribution in [0.3, 0.4) is 0 Å². The minimum atomic E-state index is -0.898. The van der Waals surface area contributed by atoms with Gasteiger partial charge in [0.1, 0.15) is 5.54 Å². The predicted molar refractivity (Wildman–Crippen MR) is 118 cm³/mol. The minimum Gasteiger partial charge on any atom is -0.365 e. The van der Waals surface area contributed by atoms with Gasteiger partial charge in [-0.3, -0.25) is 14.9 Å². The van der Waals surface area contributed by atoms with E-state index in [1.54, 1.807) is 0 Å². The largest absolute Gasteiger partial charge is 0.365 e. The van der Waals surface area contributed by atoms with Crippen LogP contribution >= 0.6 is 0 Å². The number of benzene rings is 1. The first-order valence-electron chi connectivity index (χ1n) is 11.1. The van der Waals surface area contributed by atoms with Gasteiger partial charge in [0.05, 0.1) is 0 Å². The lowest BCUT2D eigenvalue weighted by Gasteiger charge is -2.41. The summed E-state index contributed by atoms with van der Waals surface area (Å²) in [7, 11) is 2.04. The third-order valence-corrected chi connectivity index (χ3v) is 7.16. The Labute approximate surface area is 181 Å². The monoisotopic (exact) mass is 423 g/mol. The molecule has 2 saturated heterocycles. The Morgan fingerprint density at radius 2 is 2.00 bits per heavy atom. The fourth-order valence-electron chi connectivity index (χ4n) is 5.23. The summed E-state index contributed by atoms with van der Waals surface area (Å²) in [4.78, 5) is 41.3. The SMILES string of the molecule is C[C@H]1CN(C(=O)CCC2(C3CC3)NC(=O)NC2=O)CCN1c1ccc2c(ccn2C)c1. The van der Waals surface area contributed by atoms with Crippen molar-refractivity contribution in [2.45, 2.75) is 44.2 Å². The summed E-state index contributed by atoms with van der Waals surface area (Å²) < 4.78 is 2.11. The molecule has 5 rings (SSSR count). The molecule has 2 aromatic rings. The van der Waals surface area contributed by atoms with Gasteiger partial charge in [-0.15, -0.1) is 0 Å². The highest BCUT2D eigenvalue weighted by Crippen LogP contribution is 2.43. The van der Waals surface area contributed by atoms with Crippen LogP contribution in [0.4, 0.5) is 10.5 Å². The average molecular weight is 424 g/mol. The van der Waals surface area contributed by atoms with E-state index in [1.807, 2.05) is 11.9 Å². The van der Waals surface area contributed by atoms with Crippen molar-refractivity contribution in [2.24, 2.45) is 13.0 Å². The second kappa shape index (κ2) is 7.28. The van der Waals surface area contributed by atoms with Crippen LogP contribution in [0, 0.1) is 5.92 Å². The highest BCUT2D eigenvalue weighted by atomic mass is 16.2.